The normalized spacial score (nSPS) is 12.0. The van der Waals surface area contributed by atoms with Crippen molar-refractivity contribution in [3.05, 3.63) is 23.2 Å². The predicted molar refractivity (Wildman–Crippen MR) is 58.5 cm³/mol. The van der Waals surface area contributed by atoms with Crippen LogP contribution in [0.15, 0.2) is 23.1 Å². The summed E-state index contributed by atoms with van der Waals surface area (Å²) in [5.41, 5.74) is 5.60. The van der Waals surface area contributed by atoms with Gasteiger partial charge in [-0.15, -0.1) is 0 Å². The fourth-order valence-corrected chi connectivity index (χ4v) is 2.29. The summed E-state index contributed by atoms with van der Waals surface area (Å²) in [4.78, 5) is -0.0469. The number of sulfone groups is 1. The Bertz CT molecular complexity index is 444. The third kappa shape index (κ3) is 2.25. The van der Waals surface area contributed by atoms with Gasteiger partial charge in [0.1, 0.15) is 0 Å². The van der Waals surface area contributed by atoms with Gasteiger partial charge in [0.25, 0.3) is 0 Å². The molecule has 0 aliphatic carbocycles. The Morgan fingerprint density at radius 3 is 2.29 bits per heavy atom. The number of rotatable bonds is 2. The van der Waals surface area contributed by atoms with Crippen molar-refractivity contribution in [3.8, 4) is 0 Å². The van der Waals surface area contributed by atoms with E-state index in [1.165, 1.54) is 18.2 Å². The van der Waals surface area contributed by atoms with E-state index in [0.717, 1.165) is 0 Å². The zero-order chi connectivity index (χ0) is 10.9. The van der Waals surface area contributed by atoms with Crippen molar-refractivity contribution in [1.82, 2.24) is 0 Å². The maximum atomic E-state index is 11.4. The second kappa shape index (κ2) is 4.14. The number of anilines is 1. The monoisotopic (exact) mass is 273 g/mol. The zero-order valence-electron chi connectivity index (χ0n) is 6.75. The SMILES string of the molecule is Nc1cc(S(=O)(=O)C(Cl)Cl)ccc1Cl. The maximum absolute atomic E-state index is 11.4. The Hall–Kier alpha value is -0.160. The summed E-state index contributed by atoms with van der Waals surface area (Å²) in [6.07, 6.45) is 0. The Morgan fingerprint density at radius 2 is 1.86 bits per heavy atom. The summed E-state index contributed by atoms with van der Waals surface area (Å²) in [5, 5.41) is 0.282. The van der Waals surface area contributed by atoms with E-state index in [4.69, 9.17) is 40.5 Å². The van der Waals surface area contributed by atoms with Crippen LogP contribution >= 0.6 is 34.8 Å². The Balaban J connectivity index is 3.29. The smallest absolute Gasteiger partial charge is 0.212 e. The van der Waals surface area contributed by atoms with Crippen LogP contribution in [0.1, 0.15) is 0 Å². The van der Waals surface area contributed by atoms with E-state index in [2.05, 4.69) is 0 Å². The van der Waals surface area contributed by atoms with Crippen molar-refractivity contribution in [1.29, 1.82) is 0 Å². The largest absolute Gasteiger partial charge is 0.397 e. The summed E-state index contributed by atoms with van der Waals surface area (Å²) in [6.45, 7) is 0. The minimum absolute atomic E-state index is 0.0469. The molecule has 1 rings (SSSR count). The second-order valence-electron chi connectivity index (χ2n) is 2.49. The van der Waals surface area contributed by atoms with E-state index in [1.807, 2.05) is 0 Å². The molecule has 0 aliphatic rings. The van der Waals surface area contributed by atoms with Crippen molar-refractivity contribution in [2.75, 3.05) is 5.73 Å². The van der Waals surface area contributed by atoms with Crippen molar-refractivity contribution < 1.29 is 8.42 Å². The molecule has 0 heterocycles. The van der Waals surface area contributed by atoms with Crippen LogP contribution in [-0.4, -0.2) is 12.6 Å². The summed E-state index contributed by atoms with van der Waals surface area (Å²) in [5.74, 6) is 0. The number of nitrogen functional groups attached to an aromatic ring is 1. The Morgan fingerprint density at radius 1 is 1.29 bits per heavy atom. The standard InChI is InChI=1S/C7H6Cl3NO2S/c8-5-2-1-4(3-6(5)11)14(12,13)7(9)10/h1-3,7H,11H2. The molecule has 0 radical (unpaired) electrons. The minimum atomic E-state index is -3.72. The lowest BCUT2D eigenvalue weighted by atomic mass is 10.3. The van der Waals surface area contributed by atoms with Gasteiger partial charge in [0, 0.05) is 0 Å². The molecular weight excluding hydrogens is 269 g/mol. The van der Waals surface area contributed by atoms with Crippen LogP contribution in [-0.2, 0) is 9.84 Å². The number of alkyl halides is 2. The molecule has 0 atom stereocenters. The molecule has 0 bridgehead atoms. The quantitative estimate of drug-likeness (QED) is 0.666. The van der Waals surface area contributed by atoms with Gasteiger partial charge in [0.2, 0.25) is 14.0 Å². The van der Waals surface area contributed by atoms with Crippen LogP contribution in [0.3, 0.4) is 0 Å². The van der Waals surface area contributed by atoms with Crippen LogP contribution in [0.2, 0.25) is 5.02 Å². The molecule has 0 unspecified atom stereocenters. The Labute approximate surface area is 96.7 Å². The molecule has 0 aliphatic heterocycles. The van der Waals surface area contributed by atoms with Gasteiger partial charge < -0.3 is 5.73 Å². The van der Waals surface area contributed by atoms with Crippen molar-refractivity contribution in [3.63, 3.8) is 0 Å². The van der Waals surface area contributed by atoms with Gasteiger partial charge in [-0.2, -0.15) is 0 Å². The van der Waals surface area contributed by atoms with Gasteiger partial charge >= 0.3 is 0 Å². The lowest BCUT2D eigenvalue weighted by molar-refractivity contribution is 0.598. The molecule has 2 N–H and O–H groups in total. The topological polar surface area (TPSA) is 60.2 Å². The molecule has 1 aromatic carbocycles. The zero-order valence-corrected chi connectivity index (χ0v) is 9.83. The van der Waals surface area contributed by atoms with Gasteiger partial charge in [-0.05, 0) is 18.2 Å². The lowest BCUT2D eigenvalue weighted by Gasteiger charge is -2.06. The Kier molecular flexibility index (Phi) is 3.53. The van der Waals surface area contributed by atoms with Crippen LogP contribution in [0.4, 0.5) is 5.69 Å². The number of halogens is 3. The highest BCUT2D eigenvalue weighted by Gasteiger charge is 2.23. The molecule has 78 valence electrons. The van der Waals surface area contributed by atoms with Crippen molar-refractivity contribution in [2.45, 2.75) is 9.06 Å². The van der Waals surface area contributed by atoms with Crippen molar-refractivity contribution in [2.24, 2.45) is 0 Å². The van der Waals surface area contributed by atoms with Crippen molar-refractivity contribution >= 4 is 50.3 Å². The fourth-order valence-electron chi connectivity index (χ4n) is 0.802. The van der Waals surface area contributed by atoms with Crippen LogP contribution in [0.25, 0.3) is 0 Å². The van der Waals surface area contributed by atoms with Gasteiger partial charge in [0.15, 0.2) is 0 Å². The first-order chi connectivity index (χ1) is 6.35. The third-order valence-electron chi connectivity index (χ3n) is 1.53. The van der Waals surface area contributed by atoms with Crippen LogP contribution in [0, 0.1) is 0 Å². The van der Waals surface area contributed by atoms with E-state index in [0.29, 0.717) is 0 Å². The van der Waals surface area contributed by atoms with E-state index < -0.39 is 14.0 Å². The maximum Gasteiger partial charge on any atom is 0.212 e. The molecular formula is C7H6Cl3NO2S. The molecule has 0 saturated heterocycles. The molecule has 0 amide bonds. The predicted octanol–water partition coefficient (Wildman–Crippen LogP) is 2.46. The number of hydrogen-bond acceptors (Lipinski definition) is 3. The fraction of sp³-hybridized carbons (Fsp3) is 0.143. The van der Waals surface area contributed by atoms with E-state index >= 15 is 0 Å². The molecule has 14 heavy (non-hydrogen) atoms. The van der Waals surface area contributed by atoms with Crippen LogP contribution in [0.5, 0.6) is 0 Å². The molecule has 0 saturated carbocycles. The minimum Gasteiger partial charge on any atom is -0.397 e. The first kappa shape index (κ1) is 11.9. The van der Waals surface area contributed by atoms with Gasteiger partial charge in [-0.3, -0.25) is 0 Å². The highest BCUT2D eigenvalue weighted by atomic mass is 35.5. The second-order valence-corrected chi connectivity index (χ2v) is 6.54. The summed E-state index contributed by atoms with van der Waals surface area (Å²) in [6, 6.07) is 3.89. The van der Waals surface area contributed by atoms with E-state index in [1.54, 1.807) is 0 Å². The number of benzene rings is 1. The molecule has 1 aromatic rings. The molecule has 0 spiro atoms. The first-order valence-corrected chi connectivity index (χ1v) is 6.22. The number of nitrogens with two attached hydrogens (primary N) is 1. The average Bonchev–Trinajstić information content (AvgIpc) is 2.09. The highest BCUT2D eigenvalue weighted by molar-refractivity contribution is 7.94. The molecule has 0 aromatic heterocycles. The number of hydrogen-bond donors (Lipinski definition) is 1. The first-order valence-electron chi connectivity index (χ1n) is 3.43. The molecule has 3 nitrogen and oxygen atoms in total. The molecule has 7 heteroatoms. The lowest BCUT2D eigenvalue weighted by Crippen LogP contribution is -2.09. The van der Waals surface area contributed by atoms with E-state index in [9.17, 15) is 8.42 Å². The molecule has 0 fully saturated rings. The van der Waals surface area contributed by atoms with Gasteiger partial charge in [0.05, 0.1) is 15.6 Å². The average molecular weight is 275 g/mol. The summed E-state index contributed by atoms with van der Waals surface area (Å²) in [7, 11) is -3.72. The third-order valence-corrected chi connectivity index (χ3v) is 4.66. The summed E-state index contributed by atoms with van der Waals surface area (Å²) < 4.78 is 21.4. The van der Waals surface area contributed by atoms with E-state index in [-0.39, 0.29) is 15.6 Å². The summed E-state index contributed by atoms with van der Waals surface area (Å²) >= 11 is 16.2. The van der Waals surface area contributed by atoms with Gasteiger partial charge in [-0.25, -0.2) is 8.42 Å². The van der Waals surface area contributed by atoms with Crippen LogP contribution < -0.4 is 5.73 Å². The van der Waals surface area contributed by atoms with Gasteiger partial charge in [-0.1, -0.05) is 34.8 Å². The highest BCUT2D eigenvalue weighted by Crippen LogP contribution is 2.26.